The van der Waals surface area contributed by atoms with Crippen LogP contribution in [0.4, 0.5) is 0 Å². The minimum Gasteiger partial charge on any atom is -0.424 e. The molecule has 0 aliphatic heterocycles. The Hall–Kier alpha value is -3.57. The number of hydrogen-bond donors (Lipinski definition) is 1. The van der Waals surface area contributed by atoms with Crippen LogP contribution >= 0.6 is 11.3 Å². The van der Waals surface area contributed by atoms with Gasteiger partial charge in [0.25, 0.3) is 0 Å². The second kappa shape index (κ2) is 8.20. The van der Waals surface area contributed by atoms with E-state index in [9.17, 15) is 4.79 Å². The molecule has 0 bridgehead atoms. The van der Waals surface area contributed by atoms with E-state index in [2.05, 4.69) is 63.8 Å². The topological polar surface area (TPSA) is 105 Å². The van der Waals surface area contributed by atoms with Gasteiger partial charge in [-0.25, -0.2) is 4.98 Å². The zero-order chi connectivity index (χ0) is 20.2. The molecule has 2 aromatic heterocycles. The highest BCUT2D eigenvalue weighted by atomic mass is 32.1. The third kappa shape index (κ3) is 4.47. The minimum absolute atomic E-state index is 0.0455. The first-order chi connectivity index (χ1) is 14.1. The maximum atomic E-state index is 11.6. The van der Waals surface area contributed by atoms with Crippen LogP contribution in [0.1, 0.15) is 22.4 Å². The Morgan fingerprint density at radius 1 is 1.14 bits per heavy atom. The number of fused-ring (bicyclic) bond motifs is 1. The van der Waals surface area contributed by atoms with Crippen LogP contribution in [-0.2, 0) is 17.6 Å². The van der Waals surface area contributed by atoms with Crippen molar-refractivity contribution in [3.8, 4) is 17.2 Å². The molecule has 7 nitrogen and oxygen atoms in total. The number of carbonyl (C=O) groups is 1. The van der Waals surface area contributed by atoms with E-state index in [4.69, 9.17) is 9.68 Å². The predicted molar refractivity (Wildman–Crippen MR) is 109 cm³/mol. The average Bonchev–Trinajstić information content (AvgIpc) is 3.32. The van der Waals surface area contributed by atoms with Crippen molar-refractivity contribution in [3.63, 3.8) is 0 Å². The lowest BCUT2D eigenvalue weighted by atomic mass is 10.0. The van der Waals surface area contributed by atoms with Crippen molar-refractivity contribution in [1.29, 1.82) is 5.26 Å². The molecule has 2 heterocycles. The summed E-state index contributed by atoms with van der Waals surface area (Å²) in [5.74, 6) is 0.300. The number of nitrogens with one attached hydrogen (secondary N) is 1. The lowest BCUT2D eigenvalue weighted by molar-refractivity contribution is -0.120. The smallest absolute Gasteiger partial charge is 0.230 e. The number of amides is 1. The third-order valence-corrected chi connectivity index (χ3v) is 5.32. The molecule has 0 unspecified atom stereocenters. The van der Waals surface area contributed by atoms with Crippen molar-refractivity contribution in [3.05, 3.63) is 64.8 Å². The first-order valence-electron chi connectivity index (χ1n) is 9.02. The van der Waals surface area contributed by atoms with Crippen LogP contribution in [-0.4, -0.2) is 27.6 Å². The van der Waals surface area contributed by atoms with E-state index in [0.29, 0.717) is 12.3 Å². The molecule has 8 heteroatoms. The van der Waals surface area contributed by atoms with Gasteiger partial charge in [-0.1, -0.05) is 35.9 Å². The van der Waals surface area contributed by atoms with Gasteiger partial charge in [-0.3, -0.25) is 4.79 Å². The second-order valence-corrected chi connectivity index (χ2v) is 7.65. The molecular weight excluding hydrogens is 386 g/mol. The average molecular weight is 403 g/mol. The number of nitriles is 1. The molecule has 0 spiro atoms. The summed E-state index contributed by atoms with van der Waals surface area (Å²) in [6.07, 6.45) is 0.362. The van der Waals surface area contributed by atoms with E-state index in [1.807, 2.05) is 12.1 Å². The van der Waals surface area contributed by atoms with Gasteiger partial charge in [-0.05, 0) is 30.2 Å². The molecule has 0 saturated carbocycles. The Balaban J connectivity index is 1.48. The first kappa shape index (κ1) is 18.8. The highest BCUT2D eigenvalue weighted by Crippen LogP contribution is 2.29. The van der Waals surface area contributed by atoms with Gasteiger partial charge in [-0.15, -0.1) is 21.5 Å². The van der Waals surface area contributed by atoms with Crippen molar-refractivity contribution in [2.45, 2.75) is 19.8 Å². The number of aryl methyl sites for hydroxylation is 1. The first-order valence-corrected chi connectivity index (χ1v) is 9.84. The highest BCUT2D eigenvalue weighted by molar-refractivity contribution is 7.18. The quantitative estimate of drug-likeness (QED) is 0.495. The van der Waals surface area contributed by atoms with Crippen molar-refractivity contribution < 1.29 is 9.21 Å². The van der Waals surface area contributed by atoms with Crippen LogP contribution in [0.25, 0.3) is 21.3 Å². The van der Waals surface area contributed by atoms with Gasteiger partial charge in [0.15, 0.2) is 0 Å². The standard InChI is InChI=1S/C21H17N5O2S/c1-13-2-4-14(5-3-13)15-6-7-16-17(10-15)29-21(24-16)12-20-26-25-19(28-20)11-18(27)23-9-8-22/h2-7,10H,9,11-12H2,1H3,(H,23,27). The van der Waals surface area contributed by atoms with Crippen molar-refractivity contribution >= 4 is 27.5 Å². The van der Waals surface area contributed by atoms with Crippen LogP contribution < -0.4 is 5.32 Å². The van der Waals surface area contributed by atoms with E-state index in [-0.39, 0.29) is 24.8 Å². The lowest BCUT2D eigenvalue weighted by Crippen LogP contribution is -2.25. The molecule has 0 aliphatic carbocycles. The maximum absolute atomic E-state index is 11.6. The molecule has 29 heavy (non-hydrogen) atoms. The Kier molecular flexibility index (Phi) is 5.31. The maximum Gasteiger partial charge on any atom is 0.230 e. The Labute approximate surface area is 171 Å². The van der Waals surface area contributed by atoms with Crippen LogP contribution in [0.5, 0.6) is 0 Å². The number of aromatic nitrogens is 3. The molecule has 4 rings (SSSR count). The Morgan fingerprint density at radius 2 is 1.90 bits per heavy atom. The third-order valence-electron chi connectivity index (χ3n) is 4.31. The summed E-state index contributed by atoms with van der Waals surface area (Å²) in [6, 6.07) is 16.5. The molecule has 4 aromatic rings. The summed E-state index contributed by atoms with van der Waals surface area (Å²) in [6.45, 7) is 2.03. The van der Waals surface area contributed by atoms with E-state index >= 15 is 0 Å². The van der Waals surface area contributed by atoms with Gasteiger partial charge < -0.3 is 9.73 Å². The van der Waals surface area contributed by atoms with Crippen LogP contribution in [0.15, 0.2) is 46.9 Å². The number of thiazole rings is 1. The molecule has 1 N–H and O–H groups in total. The van der Waals surface area contributed by atoms with Gasteiger partial charge in [0, 0.05) is 0 Å². The molecule has 2 aromatic carbocycles. The molecule has 1 amide bonds. The van der Waals surface area contributed by atoms with Crippen LogP contribution in [0.2, 0.25) is 0 Å². The number of hydrogen-bond acceptors (Lipinski definition) is 7. The molecule has 0 radical (unpaired) electrons. The number of rotatable bonds is 6. The fraction of sp³-hybridized carbons (Fsp3) is 0.190. The zero-order valence-corrected chi connectivity index (χ0v) is 16.5. The fourth-order valence-corrected chi connectivity index (χ4v) is 3.87. The Bertz CT molecular complexity index is 1200. The van der Waals surface area contributed by atoms with E-state index in [1.54, 1.807) is 11.3 Å². The van der Waals surface area contributed by atoms with Gasteiger partial charge in [-0.2, -0.15) is 5.26 Å². The molecular formula is C21H17N5O2S. The number of carbonyl (C=O) groups excluding carboxylic acids is 1. The van der Waals surface area contributed by atoms with E-state index in [0.717, 1.165) is 20.8 Å². The van der Waals surface area contributed by atoms with E-state index in [1.165, 1.54) is 11.1 Å². The lowest BCUT2D eigenvalue weighted by Gasteiger charge is -2.01. The van der Waals surface area contributed by atoms with Crippen molar-refractivity contribution in [2.75, 3.05) is 6.54 Å². The van der Waals surface area contributed by atoms with E-state index < -0.39 is 0 Å². The highest BCUT2D eigenvalue weighted by Gasteiger charge is 2.13. The fourth-order valence-electron chi connectivity index (χ4n) is 2.87. The van der Waals surface area contributed by atoms with Crippen molar-refractivity contribution in [1.82, 2.24) is 20.5 Å². The molecule has 144 valence electrons. The minimum atomic E-state index is -0.328. The number of nitrogens with zero attached hydrogens (tertiary/aromatic N) is 4. The summed E-state index contributed by atoms with van der Waals surface area (Å²) in [5, 5.41) is 19.7. The monoisotopic (exact) mass is 403 g/mol. The molecule has 0 aliphatic rings. The summed E-state index contributed by atoms with van der Waals surface area (Å²) >= 11 is 1.58. The molecule has 0 saturated heterocycles. The van der Waals surface area contributed by atoms with Gasteiger partial charge in [0.1, 0.15) is 18.0 Å². The zero-order valence-electron chi connectivity index (χ0n) is 15.7. The summed E-state index contributed by atoms with van der Waals surface area (Å²) in [5.41, 5.74) is 4.48. The number of benzene rings is 2. The summed E-state index contributed by atoms with van der Waals surface area (Å²) < 4.78 is 6.63. The predicted octanol–water partition coefficient (Wildman–Crippen LogP) is 3.43. The summed E-state index contributed by atoms with van der Waals surface area (Å²) in [4.78, 5) is 16.3. The van der Waals surface area contributed by atoms with Gasteiger partial charge in [0.2, 0.25) is 17.7 Å². The van der Waals surface area contributed by atoms with Crippen LogP contribution in [0, 0.1) is 18.3 Å². The Morgan fingerprint density at radius 3 is 2.69 bits per heavy atom. The van der Waals surface area contributed by atoms with Gasteiger partial charge >= 0.3 is 0 Å². The largest absolute Gasteiger partial charge is 0.424 e. The SMILES string of the molecule is Cc1ccc(-c2ccc3nc(Cc4nnc(CC(=O)NCC#N)o4)sc3c2)cc1. The van der Waals surface area contributed by atoms with Crippen LogP contribution in [0.3, 0.4) is 0 Å². The molecule has 0 atom stereocenters. The normalized spacial score (nSPS) is 10.8. The second-order valence-electron chi connectivity index (χ2n) is 6.53. The molecule has 0 fully saturated rings. The van der Waals surface area contributed by atoms with Gasteiger partial charge in [0.05, 0.1) is 22.7 Å². The van der Waals surface area contributed by atoms with Crippen molar-refractivity contribution in [2.24, 2.45) is 0 Å². The summed E-state index contributed by atoms with van der Waals surface area (Å²) in [7, 11) is 0.